The van der Waals surface area contributed by atoms with Gasteiger partial charge in [-0.15, -0.1) is 0 Å². The van der Waals surface area contributed by atoms with Crippen LogP contribution in [0.25, 0.3) is 0 Å². The number of rotatable bonds is 4. The molecule has 0 radical (unpaired) electrons. The fraction of sp³-hybridized carbons (Fsp3) is 0.462. The monoisotopic (exact) mass is 264 g/mol. The summed E-state index contributed by atoms with van der Waals surface area (Å²) in [6.07, 6.45) is 3.54. The first kappa shape index (κ1) is 13.3. The van der Waals surface area contributed by atoms with Crippen molar-refractivity contribution in [2.75, 3.05) is 6.54 Å². The van der Waals surface area contributed by atoms with Gasteiger partial charge in [-0.05, 0) is 18.9 Å². The topological polar surface area (TPSA) is 88.4 Å². The summed E-state index contributed by atoms with van der Waals surface area (Å²) < 4.78 is 1.36. The van der Waals surface area contributed by atoms with Gasteiger partial charge in [-0.25, -0.2) is 0 Å². The Balaban J connectivity index is 2.03. The van der Waals surface area contributed by atoms with Crippen molar-refractivity contribution in [1.82, 2.24) is 9.88 Å². The molecule has 0 bridgehead atoms. The molecule has 1 saturated carbocycles. The van der Waals surface area contributed by atoms with Crippen molar-refractivity contribution in [2.24, 2.45) is 12.5 Å². The zero-order chi connectivity index (χ0) is 14.0. The molecular formula is C13H16N2O4. The Labute approximate surface area is 110 Å². The first-order valence-corrected chi connectivity index (χ1v) is 6.13. The zero-order valence-corrected chi connectivity index (χ0v) is 10.7. The lowest BCUT2D eigenvalue weighted by molar-refractivity contribution is -0.153. The Hall–Kier alpha value is -2.11. The lowest BCUT2D eigenvalue weighted by Crippen LogP contribution is -2.47. The van der Waals surface area contributed by atoms with Crippen LogP contribution in [-0.2, 0) is 11.8 Å². The molecule has 0 unspecified atom stereocenters. The normalized spacial score (nSPS) is 16.5. The highest BCUT2D eigenvalue weighted by molar-refractivity contribution is 5.94. The van der Waals surface area contributed by atoms with E-state index in [2.05, 4.69) is 5.32 Å². The summed E-state index contributed by atoms with van der Waals surface area (Å²) in [6, 6.07) is 2.77. The number of hydrogen-bond acceptors (Lipinski definition) is 3. The Bertz CT molecular complexity index is 572. The molecule has 19 heavy (non-hydrogen) atoms. The number of carbonyl (C=O) groups excluding carboxylic acids is 1. The van der Waals surface area contributed by atoms with Gasteiger partial charge in [0.15, 0.2) is 0 Å². The fourth-order valence-corrected chi connectivity index (χ4v) is 2.11. The Kier molecular flexibility index (Phi) is 3.42. The molecule has 1 aromatic heterocycles. The highest BCUT2D eigenvalue weighted by atomic mass is 16.4. The first-order valence-electron chi connectivity index (χ1n) is 6.13. The van der Waals surface area contributed by atoms with Crippen molar-refractivity contribution in [3.05, 3.63) is 34.2 Å². The molecule has 1 aromatic rings. The highest BCUT2D eigenvalue weighted by Crippen LogP contribution is 2.40. The molecular weight excluding hydrogens is 248 g/mol. The van der Waals surface area contributed by atoms with Crippen LogP contribution in [0.15, 0.2) is 23.1 Å². The van der Waals surface area contributed by atoms with Crippen molar-refractivity contribution in [3.8, 4) is 0 Å². The van der Waals surface area contributed by atoms with E-state index in [0.717, 1.165) is 6.42 Å². The number of carboxylic acid groups (broad SMARTS) is 1. The second-order valence-corrected chi connectivity index (χ2v) is 4.99. The molecule has 0 spiro atoms. The largest absolute Gasteiger partial charge is 0.481 e. The van der Waals surface area contributed by atoms with Crippen LogP contribution in [0.3, 0.4) is 0 Å². The van der Waals surface area contributed by atoms with E-state index in [1.165, 1.54) is 22.9 Å². The van der Waals surface area contributed by atoms with E-state index in [9.17, 15) is 14.4 Å². The molecule has 1 heterocycles. The third-order valence-electron chi connectivity index (χ3n) is 3.72. The third kappa shape index (κ3) is 2.52. The number of hydrogen-bond donors (Lipinski definition) is 2. The minimum absolute atomic E-state index is 0.108. The van der Waals surface area contributed by atoms with Gasteiger partial charge in [0.1, 0.15) is 0 Å². The summed E-state index contributed by atoms with van der Waals surface area (Å²) in [6.45, 7) is 0.108. The second-order valence-electron chi connectivity index (χ2n) is 4.99. The van der Waals surface area contributed by atoms with Gasteiger partial charge < -0.3 is 15.0 Å². The van der Waals surface area contributed by atoms with Gasteiger partial charge in [0.2, 0.25) is 0 Å². The summed E-state index contributed by atoms with van der Waals surface area (Å²) in [5, 5.41) is 11.7. The van der Waals surface area contributed by atoms with E-state index in [1.807, 2.05) is 0 Å². The molecule has 0 saturated heterocycles. The number of nitrogens with one attached hydrogen (secondary N) is 1. The van der Waals surface area contributed by atoms with Gasteiger partial charge in [0.25, 0.3) is 11.5 Å². The minimum Gasteiger partial charge on any atom is -0.481 e. The van der Waals surface area contributed by atoms with Gasteiger partial charge >= 0.3 is 5.97 Å². The van der Waals surface area contributed by atoms with Crippen LogP contribution >= 0.6 is 0 Å². The van der Waals surface area contributed by atoms with Crippen molar-refractivity contribution >= 4 is 11.9 Å². The maximum absolute atomic E-state index is 11.9. The minimum atomic E-state index is -0.872. The van der Waals surface area contributed by atoms with Gasteiger partial charge in [-0.1, -0.05) is 6.42 Å². The van der Waals surface area contributed by atoms with Crippen LogP contribution in [0.5, 0.6) is 0 Å². The molecule has 6 heteroatoms. The molecule has 2 rings (SSSR count). The zero-order valence-electron chi connectivity index (χ0n) is 10.7. The molecule has 2 N–H and O–H groups in total. The van der Waals surface area contributed by atoms with Gasteiger partial charge in [0, 0.05) is 31.4 Å². The fourth-order valence-electron chi connectivity index (χ4n) is 2.11. The SMILES string of the molecule is Cn1ccc(C(=O)NCC2(C(=O)O)CCC2)cc1=O. The van der Waals surface area contributed by atoms with E-state index in [4.69, 9.17) is 5.11 Å². The van der Waals surface area contributed by atoms with Gasteiger partial charge in [-0.3, -0.25) is 14.4 Å². The lowest BCUT2D eigenvalue weighted by atomic mass is 9.69. The van der Waals surface area contributed by atoms with Crippen molar-refractivity contribution in [2.45, 2.75) is 19.3 Å². The van der Waals surface area contributed by atoms with Crippen molar-refractivity contribution in [3.63, 3.8) is 0 Å². The summed E-state index contributed by atoms with van der Waals surface area (Å²) in [5.74, 6) is -1.28. The van der Waals surface area contributed by atoms with E-state index in [1.54, 1.807) is 7.05 Å². The number of aromatic nitrogens is 1. The van der Waals surface area contributed by atoms with Crippen LogP contribution in [0.1, 0.15) is 29.6 Å². The summed E-state index contributed by atoms with van der Waals surface area (Å²) in [4.78, 5) is 34.4. The van der Waals surface area contributed by atoms with Gasteiger partial charge in [0.05, 0.1) is 5.41 Å². The maximum Gasteiger partial charge on any atom is 0.311 e. The molecule has 102 valence electrons. The third-order valence-corrected chi connectivity index (χ3v) is 3.72. The number of nitrogens with zero attached hydrogens (tertiary/aromatic N) is 1. The molecule has 0 aliphatic heterocycles. The summed E-state index contributed by atoms with van der Waals surface area (Å²) in [7, 11) is 1.60. The predicted octanol–water partition coefficient (Wildman–Crippen LogP) is 0.370. The number of aliphatic carboxylic acids is 1. The molecule has 1 fully saturated rings. The second kappa shape index (κ2) is 4.87. The average Bonchev–Trinajstić information content (AvgIpc) is 2.30. The Morgan fingerprint density at radius 3 is 2.63 bits per heavy atom. The number of carboxylic acids is 1. The quantitative estimate of drug-likeness (QED) is 0.822. The molecule has 0 aromatic carbocycles. The first-order chi connectivity index (χ1) is 8.94. The molecule has 1 aliphatic carbocycles. The number of amides is 1. The van der Waals surface area contributed by atoms with Crippen LogP contribution < -0.4 is 10.9 Å². The smallest absolute Gasteiger partial charge is 0.311 e. The van der Waals surface area contributed by atoms with Crippen molar-refractivity contribution in [1.29, 1.82) is 0 Å². The number of aryl methyl sites for hydroxylation is 1. The van der Waals surface area contributed by atoms with Crippen molar-refractivity contribution < 1.29 is 14.7 Å². The molecule has 1 amide bonds. The highest BCUT2D eigenvalue weighted by Gasteiger charge is 2.44. The maximum atomic E-state index is 11.9. The Morgan fingerprint density at radius 1 is 1.47 bits per heavy atom. The van der Waals surface area contributed by atoms with Crippen LogP contribution in [0, 0.1) is 5.41 Å². The number of pyridine rings is 1. The van der Waals surface area contributed by atoms with E-state index >= 15 is 0 Å². The predicted molar refractivity (Wildman–Crippen MR) is 67.9 cm³/mol. The van der Waals surface area contributed by atoms with E-state index < -0.39 is 17.3 Å². The lowest BCUT2D eigenvalue weighted by Gasteiger charge is -2.37. The van der Waals surface area contributed by atoms with E-state index in [-0.39, 0.29) is 17.7 Å². The molecule has 1 aliphatic rings. The molecule has 6 nitrogen and oxygen atoms in total. The number of carbonyl (C=O) groups is 2. The van der Waals surface area contributed by atoms with Crippen LogP contribution in [-0.4, -0.2) is 28.1 Å². The summed E-state index contributed by atoms with van der Waals surface area (Å²) >= 11 is 0. The standard InChI is InChI=1S/C13H16N2O4/c1-15-6-3-9(7-10(15)16)11(17)14-8-13(12(18)19)4-2-5-13/h3,6-7H,2,4-5,8H2,1H3,(H,14,17)(H,18,19). The Morgan fingerprint density at radius 2 is 2.16 bits per heavy atom. The average molecular weight is 264 g/mol. The van der Waals surface area contributed by atoms with Crippen LogP contribution in [0.2, 0.25) is 0 Å². The van der Waals surface area contributed by atoms with Gasteiger partial charge in [-0.2, -0.15) is 0 Å². The summed E-state index contributed by atoms with van der Waals surface area (Å²) in [5.41, 5.74) is -0.845. The van der Waals surface area contributed by atoms with E-state index in [0.29, 0.717) is 12.8 Å². The van der Waals surface area contributed by atoms with Crippen LogP contribution in [0.4, 0.5) is 0 Å². The molecule has 0 atom stereocenters.